The average molecular weight is 335 g/mol. The maximum Gasteiger partial charge on any atom is 0.166 e. The lowest BCUT2D eigenvalue weighted by atomic mass is 10.2. The van der Waals surface area contributed by atoms with Crippen molar-refractivity contribution < 1.29 is 8.42 Å². The van der Waals surface area contributed by atoms with Gasteiger partial charge in [-0.05, 0) is 23.8 Å². The van der Waals surface area contributed by atoms with Crippen LogP contribution in [-0.4, -0.2) is 42.5 Å². The standard InChI is InChI=1S/C13H19ClN2O2S2/c1-2-20(17,18)13-9-19-6-5-16(13)8-10-7-11(15)3-4-12(10)14/h3-4,7,13H,2,5-6,8-9,15H2,1H3. The van der Waals surface area contributed by atoms with Crippen LogP contribution >= 0.6 is 23.4 Å². The minimum atomic E-state index is -3.08. The number of thioether (sulfide) groups is 1. The summed E-state index contributed by atoms with van der Waals surface area (Å²) < 4.78 is 24.4. The number of nitrogens with two attached hydrogens (primary N) is 1. The summed E-state index contributed by atoms with van der Waals surface area (Å²) in [5, 5.41) is 0.203. The number of hydrogen-bond acceptors (Lipinski definition) is 5. The molecule has 0 radical (unpaired) electrons. The van der Waals surface area contributed by atoms with Crippen molar-refractivity contribution >= 4 is 38.9 Å². The number of anilines is 1. The first-order valence-electron chi connectivity index (χ1n) is 6.51. The molecule has 1 fully saturated rings. The molecule has 0 saturated carbocycles. The van der Waals surface area contributed by atoms with Crippen molar-refractivity contribution in [1.82, 2.24) is 4.90 Å². The molecule has 1 aliphatic heterocycles. The molecular formula is C13H19ClN2O2S2. The molecule has 1 unspecified atom stereocenters. The molecule has 2 N–H and O–H groups in total. The maximum absolute atomic E-state index is 12.2. The van der Waals surface area contributed by atoms with Gasteiger partial charge in [-0.3, -0.25) is 4.90 Å². The van der Waals surface area contributed by atoms with E-state index >= 15 is 0 Å². The van der Waals surface area contributed by atoms with Crippen molar-refractivity contribution in [2.75, 3.05) is 29.5 Å². The largest absolute Gasteiger partial charge is 0.399 e. The fourth-order valence-electron chi connectivity index (χ4n) is 2.25. The normalized spacial score (nSPS) is 21.0. The Morgan fingerprint density at radius 3 is 2.95 bits per heavy atom. The van der Waals surface area contributed by atoms with Gasteiger partial charge in [-0.1, -0.05) is 18.5 Å². The Labute approximate surface area is 129 Å². The van der Waals surface area contributed by atoms with Crippen molar-refractivity contribution in [3.8, 4) is 0 Å². The van der Waals surface area contributed by atoms with Crippen LogP contribution in [-0.2, 0) is 16.4 Å². The van der Waals surface area contributed by atoms with E-state index in [-0.39, 0.29) is 5.75 Å². The SMILES string of the molecule is CCS(=O)(=O)C1CSCCN1Cc1cc(N)ccc1Cl. The molecule has 1 atom stereocenters. The van der Waals surface area contributed by atoms with Crippen LogP contribution in [0.5, 0.6) is 0 Å². The maximum atomic E-state index is 12.2. The number of nitrogen functional groups attached to an aromatic ring is 1. The summed E-state index contributed by atoms with van der Waals surface area (Å²) in [6, 6.07) is 5.33. The van der Waals surface area contributed by atoms with Gasteiger partial charge in [0.05, 0.1) is 0 Å². The van der Waals surface area contributed by atoms with E-state index in [0.29, 0.717) is 23.0 Å². The summed E-state index contributed by atoms with van der Waals surface area (Å²) in [4.78, 5) is 2.00. The van der Waals surface area contributed by atoms with Crippen LogP contribution in [0.4, 0.5) is 5.69 Å². The van der Waals surface area contributed by atoms with Crippen LogP contribution in [0.15, 0.2) is 18.2 Å². The van der Waals surface area contributed by atoms with Crippen LogP contribution in [0.3, 0.4) is 0 Å². The summed E-state index contributed by atoms with van der Waals surface area (Å²) in [7, 11) is -3.08. The van der Waals surface area contributed by atoms with E-state index in [1.807, 2.05) is 11.0 Å². The Morgan fingerprint density at radius 2 is 2.25 bits per heavy atom. The van der Waals surface area contributed by atoms with E-state index in [9.17, 15) is 8.42 Å². The highest BCUT2D eigenvalue weighted by atomic mass is 35.5. The molecule has 0 spiro atoms. The number of halogens is 1. The van der Waals surface area contributed by atoms with E-state index in [1.165, 1.54) is 0 Å². The molecule has 1 saturated heterocycles. The van der Waals surface area contributed by atoms with Crippen LogP contribution in [0.25, 0.3) is 0 Å². The molecule has 0 amide bonds. The second-order valence-electron chi connectivity index (χ2n) is 4.80. The van der Waals surface area contributed by atoms with Crippen LogP contribution in [0.1, 0.15) is 12.5 Å². The van der Waals surface area contributed by atoms with Gasteiger partial charge in [-0.15, -0.1) is 0 Å². The second-order valence-corrected chi connectivity index (χ2v) is 8.81. The molecule has 1 aromatic carbocycles. The first-order valence-corrected chi connectivity index (χ1v) is 9.76. The summed E-state index contributed by atoms with van der Waals surface area (Å²) in [6.45, 7) is 2.97. The Kier molecular flexibility index (Phi) is 5.23. The Bertz CT molecular complexity index is 578. The van der Waals surface area contributed by atoms with Gasteiger partial charge in [0.2, 0.25) is 0 Å². The van der Waals surface area contributed by atoms with Gasteiger partial charge in [-0.2, -0.15) is 11.8 Å². The van der Waals surface area contributed by atoms with Crippen LogP contribution in [0.2, 0.25) is 5.02 Å². The lowest BCUT2D eigenvalue weighted by Gasteiger charge is -2.34. The zero-order valence-electron chi connectivity index (χ0n) is 11.4. The quantitative estimate of drug-likeness (QED) is 0.855. The zero-order valence-corrected chi connectivity index (χ0v) is 13.8. The van der Waals surface area contributed by atoms with E-state index in [4.69, 9.17) is 17.3 Å². The smallest absolute Gasteiger partial charge is 0.166 e. The zero-order chi connectivity index (χ0) is 14.8. The number of sulfone groups is 1. The van der Waals surface area contributed by atoms with Crippen LogP contribution < -0.4 is 5.73 Å². The molecule has 2 rings (SSSR count). The predicted molar refractivity (Wildman–Crippen MR) is 86.8 cm³/mol. The van der Waals surface area contributed by atoms with Gasteiger partial charge in [0.25, 0.3) is 0 Å². The lowest BCUT2D eigenvalue weighted by Crippen LogP contribution is -2.47. The fourth-order valence-corrected chi connectivity index (χ4v) is 5.51. The first kappa shape index (κ1) is 15.9. The molecule has 1 heterocycles. The third-order valence-corrected chi connectivity index (χ3v) is 7.15. The number of nitrogens with zero attached hydrogens (tertiary/aromatic N) is 1. The van der Waals surface area contributed by atoms with Gasteiger partial charge in [0.15, 0.2) is 9.84 Å². The average Bonchev–Trinajstić information content (AvgIpc) is 2.43. The topological polar surface area (TPSA) is 63.4 Å². The van der Waals surface area contributed by atoms with Crippen molar-refractivity contribution in [1.29, 1.82) is 0 Å². The summed E-state index contributed by atoms with van der Waals surface area (Å²) in [5.74, 6) is 1.73. The summed E-state index contributed by atoms with van der Waals surface area (Å²) in [5.41, 5.74) is 7.31. The number of rotatable bonds is 4. The minimum Gasteiger partial charge on any atom is -0.399 e. The van der Waals surface area contributed by atoms with Gasteiger partial charge in [0, 0.05) is 41.1 Å². The third kappa shape index (κ3) is 3.61. The second kappa shape index (κ2) is 6.56. The van der Waals surface area contributed by atoms with Gasteiger partial charge >= 0.3 is 0 Å². The van der Waals surface area contributed by atoms with Crippen molar-refractivity contribution in [3.63, 3.8) is 0 Å². The van der Waals surface area contributed by atoms with E-state index in [0.717, 1.165) is 17.9 Å². The summed E-state index contributed by atoms with van der Waals surface area (Å²) >= 11 is 7.86. The van der Waals surface area contributed by atoms with Crippen molar-refractivity contribution in [3.05, 3.63) is 28.8 Å². The van der Waals surface area contributed by atoms with Gasteiger partial charge in [0.1, 0.15) is 5.37 Å². The monoisotopic (exact) mass is 334 g/mol. The molecule has 1 aliphatic rings. The molecular weight excluding hydrogens is 316 g/mol. The van der Waals surface area contributed by atoms with E-state index in [2.05, 4.69) is 0 Å². The molecule has 4 nitrogen and oxygen atoms in total. The number of benzene rings is 1. The molecule has 0 bridgehead atoms. The highest BCUT2D eigenvalue weighted by molar-refractivity contribution is 8.01. The first-order chi connectivity index (χ1) is 9.44. The van der Waals surface area contributed by atoms with Crippen LogP contribution in [0, 0.1) is 0 Å². The molecule has 112 valence electrons. The fraction of sp³-hybridized carbons (Fsp3) is 0.538. The Hall–Kier alpha value is -0.430. The van der Waals surface area contributed by atoms with Crippen molar-refractivity contribution in [2.45, 2.75) is 18.8 Å². The summed E-state index contributed by atoms with van der Waals surface area (Å²) in [6.07, 6.45) is 0. The Balaban J connectivity index is 2.23. The predicted octanol–water partition coefficient (Wildman–Crippen LogP) is 2.23. The minimum absolute atomic E-state index is 0.166. The highest BCUT2D eigenvalue weighted by Gasteiger charge is 2.32. The highest BCUT2D eigenvalue weighted by Crippen LogP contribution is 2.26. The molecule has 20 heavy (non-hydrogen) atoms. The van der Waals surface area contributed by atoms with E-state index in [1.54, 1.807) is 30.8 Å². The molecule has 7 heteroatoms. The third-order valence-electron chi connectivity index (χ3n) is 3.45. The lowest BCUT2D eigenvalue weighted by molar-refractivity contribution is 0.262. The van der Waals surface area contributed by atoms with E-state index < -0.39 is 15.2 Å². The molecule has 1 aromatic rings. The Morgan fingerprint density at radius 1 is 1.50 bits per heavy atom. The number of hydrogen-bond donors (Lipinski definition) is 1. The van der Waals surface area contributed by atoms with Gasteiger partial charge < -0.3 is 5.73 Å². The van der Waals surface area contributed by atoms with Gasteiger partial charge in [-0.25, -0.2) is 8.42 Å². The molecule has 0 aromatic heterocycles. The van der Waals surface area contributed by atoms with Crippen molar-refractivity contribution in [2.24, 2.45) is 0 Å². The molecule has 0 aliphatic carbocycles.